The van der Waals surface area contributed by atoms with Gasteiger partial charge in [0.2, 0.25) is 5.91 Å². The van der Waals surface area contributed by atoms with Gasteiger partial charge in [-0.1, -0.05) is 30.7 Å². The van der Waals surface area contributed by atoms with Crippen LogP contribution in [-0.4, -0.2) is 22.0 Å². The number of carbonyl (C=O) groups is 1. The maximum absolute atomic E-state index is 12.6. The largest absolute Gasteiger partial charge is 0.328 e. The molecule has 0 saturated carbocycles. The molecule has 5 heteroatoms. The molecule has 1 aliphatic heterocycles. The summed E-state index contributed by atoms with van der Waals surface area (Å²) in [5.74, 6) is 1.28. The lowest BCUT2D eigenvalue weighted by Gasteiger charge is -2.17. The molecule has 0 N–H and O–H groups in total. The molecule has 2 aromatic carbocycles. The van der Waals surface area contributed by atoms with E-state index in [1.807, 2.05) is 47.4 Å². The van der Waals surface area contributed by atoms with Crippen LogP contribution in [0.5, 0.6) is 0 Å². The lowest BCUT2D eigenvalue weighted by atomic mass is 10.1. The van der Waals surface area contributed by atoms with Gasteiger partial charge in [-0.3, -0.25) is 4.79 Å². The first-order valence-electron chi connectivity index (χ1n) is 8.68. The first-order valence-corrected chi connectivity index (χ1v) is 9.06. The fraction of sp³-hybridized carbons (Fsp3) is 0.300. The third kappa shape index (κ3) is 2.91. The average molecular weight is 354 g/mol. The van der Waals surface area contributed by atoms with E-state index in [-0.39, 0.29) is 11.8 Å². The number of carbonyl (C=O) groups excluding carboxylic acids is 1. The summed E-state index contributed by atoms with van der Waals surface area (Å²) in [5.41, 5.74) is 3.05. The van der Waals surface area contributed by atoms with Crippen molar-refractivity contribution < 1.29 is 4.79 Å². The molecule has 1 saturated heterocycles. The lowest BCUT2D eigenvalue weighted by molar-refractivity contribution is -0.117. The zero-order valence-electron chi connectivity index (χ0n) is 14.2. The summed E-state index contributed by atoms with van der Waals surface area (Å²) in [6.07, 6.45) is 1.53. The third-order valence-corrected chi connectivity index (χ3v) is 5.01. The summed E-state index contributed by atoms with van der Waals surface area (Å²) < 4.78 is 2.28. The molecule has 0 radical (unpaired) electrons. The Morgan fingerprint density at radius 2 is 1.92 bits per heavy atom. The van der Waals surface area contributed by atoms with Crippen LogP contribution < -0.4 is 4.90 Å². The minimum absolute atomic E-state index is 0.113. The van der Waals surface area contributed by atoms with E-state index in [9.17, 15) is 4.79 Å². The van der Waals surface area contributed by atoms with Crippen molar-refractivity contribution in [2.24, 2.45) is 0 Å². The van der Waals surface area contributed by atoms with Gasteiger partial charge in [0.15, 0.2) is 0 Å². The van der Waals surface area contributed by atoms with Crippen molar-refractivity contribution in [2.75, 3.05) is 11.4 Å². The van der Waals surface area contributed by atoms with Crippen molar-refractivity contribution in [3.63, 3.8) is 0 Å². The first kappa shape index (κ1) is 16.2. The molecule has 0 bridgehead atoms. The van der Waals surface area contributed by atoms with Gasteiger partial charge in [-0.2, -0.15) is 0 Å². The van der Waals surface area contributed by atoms with Gasteiger partial charge in [-0.15, -0.1) is 0 Å². The average Bonchev–Trinajstić information content (AvgIpc) is 3.17. The van der Waals surface area contributed by atoms with Gasteiger partial charge in [0, 0.05) is 36.1 Å². The second-order valence-corrected chi connectivity index (χ2v) is 6.93. The Morgan fingerprint density at radius 1 is 1.16 bits per heavy atom. The number of rotatable bonds is 4. The predicted molar refractivity (Wildman–Crippen MR) is 101 cm³/mol. The number of aromatic nitrogens is 2. The Balaban J connectivity index is 1.69. The van der Waals surface area contributed by atoms with Gasteiger partial charge >= 0.3 is 0 Å². The SMILES string of the molecule is CCCn1c([C@@H]2CC(=O)N(c3ccc(Cl)cc3)C2)nc2ccccc21. The van der Waals surface area contributed by atoms with Gasteiger partial charge in [0.25, 0.3) is 0 Å². The summed E-state index contributed by atoms with van der Waals surface area (Å²) in [4.78, 5) is 19.3. The molecule has 128 valence electrons. The third-order valence-electron chi connectivity index (χ3n) is 4.76. The highest BCUT2D eigenvalue weighted by atomic mass is 35.5. The van der Waals surface area contributed by atoms with Crippen molar-refractivity contribution >= 4 is 34.2 Å². The molecular formula is C20H20ClN3O. The quantitative estimate of drug-likeness (QED) is 0.686. The molecule has 1 aliphatic rings. The van der Waals surface area contributed by atoms with Crippen molar-refractivity contribution in [3.05, 3.63) is 59.4 Å². The number of anilines is 1. The van der Waals surface area contributed by atoms with Crippen LogP contribution in [0.1, 0.15) is 31.5 Å². The molecule has 1 aromatic heterocycles. The van der Waals surface area contributed by atoms with E-state index >= 15 is 0 Å². The molecule has 1 atom stereocenters. The number of amides is 1. The standard InChI is InChI=1S/C20H20ClN3O/c1-2-11-23-18-6-4-3-5-17(18)22-20(23)14-12-19(25)24(13-14)16-9-7-15(21)8-10-16/h3-10,14H,2,11-13H2,1H3/t14-/m1/s1. The fourth-order valence-electron chi connectivity index (χ4n) is 3.62. The van der Waals surface area contributed by atoms with Crippen LogP contribution in [0.4, 0.5) is 5.69 Å². The van der Waals surface area contributed by atoms with E-state index in [1.54, 1.807) is 0 Å². The molecule has 1 amide bonds. The summed E-state index contributed by atoms with van der Waals surface area (Å²) in [7, 11) is 0. The van der Waals surface area contributed by atoms with Crippen molar-refractivity contribution in [3.8, 4) is 0 Å². The number of aryl methyl sites for hydroxylation is 1. The summed E-state index contributed by atoms with van der Waals surface area (Å²) in [5, 5.41) is 0.677. The summed E-state index contributed by atoms with van der Waals surface area (Å²) >= 11 is 5.96. The number of benzene rings is 2. The summed E-state index contributed by atoms with van der Waals surface area (Å²) in [6.45, 7) is 3.74. The number of imidazole rings is 1. The number of hydrogen-bond acceptors (Lipinski definition) is 2. The van der Waals surface area contributed by atoms with E-state index in [4.69, 9.17) is 16.6 Å². The maximum atomic E-state index is 12.6. The molecule has 25 heavy (non-hydrogen) atoms. The van der Waals surface area contributed by atoms with E-state index < -0.39 is 0 Å². The van der Waals surface area contributed by atoms with Crippen LogP contribution >= 0.6 is 11.6 Å². The molecular weight excluding hydrogens is 334 g/mol. The van der Waals surface area contributed by atoms with Crippen LogP contribution in [0.15, 0.2) is 48.5 Å². The number of fused-ring (bicyclic) bond motifs is 1. The Morgan fingerprint density at radius 3 is 2.68 bits per heavy atom. The van der Waals surface area contributed by atoms with Crippen LogP contribution in [-0.2, 0) is 11.3 Å². The topological polar surface area (TPSA) is 38.1 Å². The predicted octanol–water partition coefficient (Wildman–Crippen LogP) is 4.62. The Hall–Kier alpha value is -2.33. The van der Waals surface area contributed by atoms with E-state index in [0.29, 0.717) is 18.0 Å². The molecule has 4 nitrogen and oxygen atoms in total. The van der Waals surface area contributed by atoms with Crippen LogP contribution in [0.2, 0.25) is 5.02 Å². The first-order chi connectivity index (χ1) is 12.2. The van der Waals surface area contributed by atoms with E-state index in [1.165, 1.54) is 0 Å². The molecule has 2 heterocycles. The van der Waals surface area contributed by atoms with Crippen LogP contribution in [0.25, 0.3) is 11.0 Å². The molecule has 1 fully saturated rings. The van der Waals surface area contributed by atoms with Crippen molar-refractivity contribution in [1.82, 2.24) is 9.55 Å². The minimum Gasteiger partial charge on any atom is -0.328 e. The number of para-hydroxylation sites is 2. The molecule has 0 spiro atoms. The highest BCUT2D eigenvalue weighted by molar-refractivity contribution is 6.30. The van der Waals surface area contributed by atoms with Crippen molar-refractivity contribution in [1.29, 1.82) is 0 Å². The fourth-order valence-corrected chi connectivity index (χ4v) is 3.74. The zero-order valence-corrected chi connectivity index (χ0v) is 14.9. The van der Waals surface area contributed by atoms with E-state index in [0.717, 1.165) is 35.5 Å². The molecule has 0 aliphatic carbocycles. The number of halogens is 1. The Kier molecular flexibility index (Phi) is 4.22. The summed E-state index contributed by atoms with van der Waals surface area (Å²) in [6, 6.07) is 15.6. The maximum Gasteiger partial charge on any atom is 0.227 e. The minimum atomic E-state index is 0.113. The normalized spacial score (nSPS) is 17.6. The van der Waals surface area contributed by atoms with Gasteiger partial charge in [0.1, 0.15) is 5.82 Å². The highest BCUT2D eigenvalue weighted by Gasteiger charge is 2.34. The highest BCUT2D eigenvalue weighted by Crippen LogP contribution is 2.33. The van der Waals surface area contributed by atoms with Crippen LogP contribution in [0, 0.1) is 0 Å². The van der Waals surface area contributed by atoms with Crippen molar-refractivity contribution in [2.45, 2.75) is 32.2 Å². The molecule has 0 unspecified atom stereocenters. The van der Waals surface area contributed by atoms with E-state index in [2.05, 4.69) is 17.6 Å². The smallest absolute Gasteiger partial charge is 0.227 e. The second-order valence-electron chi connectivity index (χ2n) is 6.49. The molecule has 4 rings (SSSR count). The Labute approximate surface area is 152 Å². The lowest BCUT2D eigenvalue weighted by Crippen LogP contribution is -2.24. The van der Waals surface area contributed by atoms with Crippen LogP contribution in [0.3, 0.4) is 0 Å². The second kappa shape index (κ2) is 6.52. The molecule has 3 aromatic rings. The van der Waals surface area contributed by atoms with Gasteiger partial charge in [0.05, 0.1) is 11.0 Å². The number of hydrogen-bond donors (Lipinski definition) is 0. The van der Waals surface area contributed by atoms with Gasteiger partial charge < -0.3 is 9.47 Å². The van der Waals surface area contributed by atoms with Gasteiger partial charge in [-0.05, 0) is 42.8 Å². The number of nitrogens with zero attached hydrogens (tertiary/aromatic N) is 3. The zero-order chi connectivity index (χ0) is 17.4. The Bertz CT molecular complexity index is 916. The monoisotopic (exact) mass is 353 g/mol. The van der Waals surface area contributed by atoms with Gasteiger partial charge in [-0.25, -0.2) is 4.98 Å².